The zero-order valence-corrected chi connectivity index (χ0v) is 19.7. The van der Waals surface area contributed by atoms with Crippen LogP contribution in [0.5, 0.6) is 0 Å². The highest BCUT2D eigenvalue weighted by Crippen LogP contribution is 2.46. The number of carbonyl (C=O) groups is 3. The van der Waals surface area contributed by atoms with Crippen molar-refractivity contribution in [2.45, 2.75) is 62.4 Å². The lowest BCUT2D eigenvalue weighted by Crippen LogP contribution is -2.49. The highest BCUT2D eigenvalue weighted by molar-refractivity contribution is 6.08. The molecule has 2 aromatic carbocycles. The van der Waals surface area contributed by atoms with Crippen molar-refractivity contribution in [3.05, 3.63) is 65.7 Å². The van der Waals surface area contributed by atoms with Gasteiger partial charge in [-0.05, 0) is 36.5 Å². The Labute approximate surface area is 205 Å². The van der Waals surface area contributed by atoms with Gasteiger partial charge in [0.15, 0.2) is 0 Å². The Morgan fingerprint density at radius 2 is 1.80 bits per heavy atom. The molecule has 2 N–H and O–H groups in total. The number of benzene rings is 2. The number of fused-ring (bicyclic) bond motifs is 2. The van der Waals surface area contributed by atoms with Crippen molar-refractivity contribution in [2.75, 3.05) is 11.9 Å². The molecule has 3 amide bonds. The minimum absolute atomic E-state index is 0.0755. The summed E-state index contributed by atoms with van der Waals surface area (Å²) in [5.74, 6) is -1.83. The van der Waals surface area contributed by atoms with Gasteiger partial charge in [0.1, 0.15) is 12.0 Å². The van der Waals surface area contributed by atoms with Crippen molar-refractivity contribution in [1.82, 2.24) is 10.2 Å². The molecule has 0 aromatic heterocycles. The van der Waals surface area contributed by atoms with Crippen molar-refractivity contribution >= 4 is 23.4 Å². The van der Waals surface area contributed by atoms with Gasteiger partial charge >= 0.3 is 0 Å². The summed E-state index contributed by atoms with van der Waals surface area (Å²) in [4.78, 5) is 42.0. The molecule has 1 aliphatic carbocycles. The molecule has 0 radical (unpaired) electrons. The van der Waals surface area contributed by atoms with E-state index in [1.54, 1.807) is 0 Å². The number of hydrogen-bond acceptors (Lipinski definition) is 4. The molecular formula is C28H30N4O3. The second kappa shape index (κ2) is 9.53. The maximum Gasteiger partial charge on any atom is 0.237 e. The van der Waals surface area contributed by atoms with Crippen LogP contribution in [0.1, 0.15) is 49.7 Å². The summed E-state index contributed by atoms with van der Waals surface area (Å²) in [5, 5.41) is 16.0. The zero-order chi connectivity index (χ0) is 24.4. The van der Waals surface area contributed by atoms with Gasteiger partial charge in [0, 0.05) is 24.7 Å². The van der Waals surface area contributed by atoms with E-state index in [0.717, 1.165) is 42.5 Å². The first-order chi connectivity index (χ1) is 17.0. The number of likely N-dealkylation sites (tertiary alicyclic amines) is 1. The van der Waals surface area contributed by atoms with Crippen molar-refractivity contribution in [1.29, 1.82) is 5.26 Å². The molecule has 3 atom stereocenters. The zero-order valence-electron chi connectivity index (χ0n) is 19.7. The first-order valence-corrected chi connectivity index (χ1v) is 12.5. The molecule has 2 aromatic rings. The SMILES string of the molecule is N#C[C@@H]1C[C@@]2(CN1C(=O)[C@@H](Cc1ccccc1)C(=O)NC1CCCCC1)C(=O)Nc1ccccc12. The fourth-order valence-electron chi connectivity index (χ4n) is 5.88. The lowest BCUT2D eigenvalue weighted by molar-refractivity contribution is -0.142. The predicted octanol–water partition coefficient (Wildman–Crippen LogP) is 3.31. The molecule has 2 heterocycles. The minimum Gasteiger partial charge on any atom is -0.353 e. The lowest BCUT2D eigenvalue weighted by Gasteiger charge is -2.29. The van der Waals surface area contributed by atoms with Gasteiger partial charge in [-0.2, -0.15) is 5.26 Å². The third-order valence-corrected chi connectivity index (χ3v) is 7.76. The van der Waals surface area contributed by atoms with Gasteiger partial charge < -0.3 is 15.5 Å². The monoisotopic (exact) mass is 470 g/mol. The van der Waals surface area contributed by atoms with Crippen LogP contribution in [0.2, 0.25) is 0 Å². The van der Waals surface area contributed by atoms with E-state index in [2.05, 4.69) is 16.7 Å². The van der Waals surface area contributed by atoms with Gasteiger partial charge in [0.05, 0.1) is 11.5 Å². The summed E-state index contributed by atoms with van der Waals surface area (Å²) in [7, 11) is 0. The molecule has 2 aliphatic heterocycles. The summed E-state index contributed by atoms with van der Waals surface area (Å²) in [6.45, 7) is 0.0922. The van der Waals surface area contributed by atoms with Crippen LogP contribution in [-0.2, 0) is 26.2 Å². The maximum atomic E-state index is 13.9. The Kier molecular flexibility index (Phi) is 6.29. The second-order valence-corrected chi connectivity index (χ2v) is 9.98. The van der Waals surface area contributed by atoms with E-state index < -0.39 is 17.4 Å². The molecule has 5 rings (SSSR count). The van der Waals surface area contributed by atoms with Crippen molar-refractivity contribution in [2.24, 2.45) is 5.92 Å². The normalized spacial score (nSPS) is 24.5. The van der Waals surface area contributed by atoms with Crippen LogP contribution in [-0.4, -0.2) is 41.2 Å². The van der Waals surface area contributed by atoms with E-state index in [1.807, 2.05) is 54.6 Å². The number of nitriles is 1. The van der Waals surface area contributed by atoms with E-state index in [9.17, 15) is 19.6 Å². The van der Waals surface area contributed by atoms with Crippen LogP contribution in [0.3, 0.4) is 0 Å². The van der Waals surface area contributed by atoms with Gasteiger partial charge in [0.2, 0.25) is 17.7 Å². The average molecular weight is 471 g/mol. The number of hydrogen-bond donors (Lipinski definition) is 2. The van der Waals surface area contributed by atoms with E-state index >= 15 is 0 Å². The number of nitrogens with one attached hydrogen (secondary N) is 2. The fourth-order valence-corrected chi connectivity index (χ4v) is 5.88. The van der Waals surface area contributed by atoms with Crippen molar-refractivity contribution < 1.29 is 14.4 Å². The predicted molar refractivity (Wildman–Crippen MR) is 131 cm³/mol. The van der Waals surface area contributed by atoms with Gasteiger partial charge in [-0.15, -0.1) is 0 Å². The van der Waals surface area contributed by atoms with Crippen LogP contribution >= 0.6 is 0 Å². The molecule has 1 spiro atoms. The molecule has 180 valence electrons. The van der Waals surface area contributed by atoms with Crippen LogP contribution in [0, 0.1) is 17.2 Å². The lowest BCUT2D eigenvalue weighted by atomic mass is 9.80. The van der Waals surface area contributed by atoms with Crippen LogP contribution in [0.4, 0.5) is 5.69 Å². The van der Waals surface area contributed by atoms with Gasteiger partial charge in [-0.1, -0.05) is 67.8 Å². The van der Waals surface area contributed by atoms with E-state index in [0.29, 0.717) is 0 Å². The largest absolute Gasteiger partial charge is 0.353 e. The van der Waals surface area contributed by atoms with Crippen molar-refractivity contribution in [3.8, 4) is 6.07 Å². The number of para-hydroxylation sites is 1. The third kappa shape index (κ3) is 4.29. The number of rotatable bonds is 5. The van der Waals surface area contributed by atoms with Gasteiger partial charge in [-0.3, -0.25) is 14.4 Å². The number of anilines is 1. The first kappa shape index (κ1) is 23.1. The summed E-state index contributed by atoms with van der Waals surface area (Å²) in [6, 6.07) is 18.4. The molecular weight excluding hydrogens is 440 g/mol. The molecule has 2 fully saturated rings. The topological polar surface area (TPSA) is 102 Å². The summed E-state index contributed by atoms with van der Waals surface area (Å²) >= 11 is 0. The average Bonchev–Trinajstić information content (AvgIpc) is 3.41. The number of amides is 3. The first-order valence-electron chi connectivity index (χ1n) is 12.5. The Bertz CT molecular complexity index is 1170. The molecule has 1 saturated heterocycles. The smallest absolute Gasteiger partial charge is 0.237 e. The molecule has 35 heavy (non-hydrogen) atoms. The summed E-state index contributed by atoms with van der Waals surface area (Å²) < 4.78 is 0. The van der Waals surface area contributed by atoms with Crippen LogP contribution in [0.25, 0.3) is 0 Å². The van der Waals surface area contributed by atoms with Gasteiger partial charge in [-0.25, -0.2) is 0 Å². The Morgan fingerprint density at radius 1 is 1.09 bits per heavy atom. The minimum atomic E-state index is -0.968. The standard InChI is InChI=1S/C28H30N4O3/c29-17-21-16-28(23-13-7-8-14-24(23)31-27(28)35)18-32(21)26(34)22(15-19-9-3-1-4-10-19)25(33)30-20-11-5-2-6-12-20/h1,3-4,7-10,13-14,20-22H,2,5-6,11-12,15-16,18H2,(H,30,33)(H,31,35)/t21-,22-,28-/m0/s1. The highest BCUT2D eigenvalue weighted by atomic mass is 16.2. The number of nitrogens with zero attached hydrogens (tertiary/aromatic N) is 2. The van der Waals surface area contributed by atoms with E-state index in [4.69, 9.17) is 0 Å². The molecule has 3 aliphatic rings. The summed E-state index contributed by atoms with van der Waals surface area (Å²) in [6.07, 6.45) is 5.63. The highest BCUT2D eigenvalue weighted by Gasteiger charge is 2.56. The molecule has 7 nitrogen and oxygen atoms in total. The van der Waals surface area contributed by atoms with E-state index in [-0.39, 0.29) is 43.1 Å². The number of carbonyl (C=O) groups excluding carboxylic acids is 3. The molecule has 7 heteroatoms. The summed E-state index contributed by atoms with van der Waals surface area (Å²) in [5.41, 5.74) is 1.45. The van der Waals surface area contributed by atoms with E-state index in [1.165, 1.54) is 11.3 Å². The Morgan fingerprint density at radius 3 is 2.54 bits per heavy atom. The Balaban J connectivity index is 1.43. The Hall–Kier alpha value is -3.66. The molecule has 0 bridgehead atoms. The quantitative estimate of drug-likeness (QED) is 0.655. The molecule has 1 saturated carbocycles. The van der Waals surface area contributed by atoms with Gasteiger partial charge in [0.25, 0.3) is 0 Å². The van der Waals surface area contributed by atoms with Crippen LogP contribution in [0.15, 0.2) is 54.6 Å². The second-order valence-electron chi connectivity index (χ2n) is 9.98. The maximum absolute atomic E-state index is 13.9. The van der Waals surface area contributed by atoms with Crippen molar-refractivity contribution in [3.63, 3.8) is 0 Å². The van der Waals surface area contributed by atoms with Crippen LogP contribution < -0.4 is 10.6 Å². The third-order valence-electron chi connectivity index (χ3n) is 7.76. The fraction of sp³-hybridized carbons (Fsp3) is 0.429. The molecule has 0 unspecified atom stereocenters.